The highest BCUT2D eigenvalue weighted by Gasteiger charge is 2.35. The van der Waals surface area contributed by atoms with Gasteiger partial charge in [0.15, 0.2) is 0 Å². The van der Waals surface area contributed by atoms with Crippen molar-refractivity contribution in [3.8, 4) is 5.69 Å². The molecule has 2 fully saturated rings. The molecule has 1 aromatic heterocycles. The van der Waals surface area contributed by atoms with Crippen LogP contribution in [-0.2, 0) is 4.74 Å². The molecule has 0 radical (unpaired) electrons. The van der Waals surface area contributed by atoms with E-state index >= 15 is 0 Å². The van der Waals surface area contributed by atoms with Crippen molar-refractivity contribution in [1.82, 2.24) is 19.6 Å². The Balaban J connectivity index is 1.37. The number of hydrogen-bond donors (Lipinski definition) is 0. The minimum Gasteiger partial charge on any atom is -0.444 e. The molecule has 7 nitrogen and oxygen atoms in total. The number of likely N-dealkylation sites (tertiary alicyclic amines) is 2. The highest BCUT2D eigenvalue weighted by molar-refractivity contribution is 5.95. The summed E-state index contributed by atoms with van der Waals surface area (Å²) in [6.45, 7) is 10.4. The number of nitrogens with zero attached hydrogens (tertiary/aromatic N) is 4. The van der Waals surface area contributed by atoms with Gasteiger partial charge in [-0.25, -0.2) is 9.48 Å². The molecule has 200 valence electrons. The molecule has 2 aliphatic heterocycles. The van der Waals surface area contributed by atoms with Crippen LogP contribution in [0, 0.1) is 6.92 Å². The number of rotatable bonds is 4. The molecule has 2 aromatic carbocycles. The SMILES string of the molecule is Cc1ccc(C2CCN(C(=O)c3cnn(-c4ccccc4)c3C3CCN(C(=O)OC(C)(C)C)CC3)C2)cc1. The Bertz CT molecular complexity index is 1270. The van der Waals surface area contributed by atoms with Crippen LogP contribution in [0.1, 0.15) is 79.0 Å². The Hall–Kier alpha value is -3.61. The monoisotopic (exact) mass is 514 g/mol. The lowest BCUT2D eigenvalue weighted by molar-refractivity contribution is 0.0203. The molecule has 1 atom stereocenters. The number of benzene rings is 2. The summed E-state index contributed by atoms with van der Waals surface area (Å²) in [5, 5.41) is 4.71. The number of ether oxygens (including phenoxy) is 1. The van der Waals surface area contributed by atoms with Crippen molar-refractivity contribution in [1.29, 1.82) is 0 Å². The molecule has 1 unspecified atom stereocenters. The van der Waals surface area contributed by atoms with Gasteiger partial charge in [0.2, 0.25) is 0 Å². The lowest BCUT2D eigenvalue weighted by Gasteiger charge is -2.34. The Labute approximate surface area is 225 Å². The number of aromatic nitrogens is 2. The molecule has 0 saturated carbocycles. The number of carbonyl (C=O) groups excluding carboxylic acids is 2. The second-order valence-corrected chi connectivity index (χ2v) is 11.6. The maximum absolute atomic E-state index is 13.9. The maximum atomic E-state index is 13.9. The molecule has 3 aromatic rings. The van der Waals surface area contributed by atoms with Crippen LogP contribution < -0.4 is 0 Å². The van der Waals surface area contributed by atoms with Crippen molar-refractivity contribution >= 4 is 12.0 Å². The van der Waals surface area contributed by atoms with Crippen LogP contribution in [-0.4, -0.2) is 63.4 Å². The van der Waals surface area contributed by atoms with E-state index in [9.17, 15) is 9.59 Å². The van der Waals surface area contributed by atoms with Crippen molar-refractivity contribution in [2.45, 2.75) is 64.4 Å². The molecule has 0 spiro atoms. The zero-order chi connectivity index (χ0) is 26.9. The standard InChI is InChI=1S/C31H38N4O3/c1-22-10-12-23(13-11-22)25-16-19-34(21-25)29(36)27-20-32-35(26-8-6-5-7-9-26)28(27)24-14-17-33(18-15-24)30(37)38-31(2,3)4/h5-13,20,24-25H,14-19,21H2,1-4H3. The largest absolute Gasteiger partial charge is 0.444 e. The van der Waals surface area contributed by atoms with Gasteiger partial charge in [0, 0.05) is 38.0 Å². The van der Waals surface area contributed by atoms with Crippen LogP contribution in [0.4, 0.5) is 4.79 Å². The van der Waals surface area contributed by atoms with Gasteiger partial charge in [-0.2, -0.15) is 5.10 Å². The van der Waals surface area contributed by atoms with E-state index in [1.807, 2.05) is 60.7 Å². The molecule has 38 heavy (non-hydrogen) atoms. The molecule has 2 saturated heterocycles. The fraction of sp³-hybridized carbons (Fsp3) is 0.452. The number of carbonyl (C=O) groups is 2. The second-order valence-electron chi connectivity index (χ2n) is 11.6. The van der Waals surface area contributed by atoms with Crippen molar-refractivity contribution in [2.75, 3.05) is 26.2 Å². The molecule has 3 heterocycles. The highest BCUT2D eigenvalue weighted by Crippen LogP contribution is 2.35. The predicted molar refractivity (Wildman–Crippen MR) is 148 cm³/mol. The molecular weight excluding hydrogens is 476 g/mol. The quantitative estimate of drug-likeness (QED) is 0.433. The molecular formula is C31H38N4O3. The third-order valence-corrected chi connectivity index (χ3v) is 7.60. The smallest absolute Gasteiger partial charge is 0.410 e. The van der Waals surface area contributed by atoms with Crippen molar-refractivity contribution in [2.24, 2.45) is 0 Å². The van der Waals surface area contributed by atoms with E-state index < -0.39 is 5.60 Å². The van der Waals surface area contributed by atoms with Gasteiger partial charge in [-0.1, -0.05) is 48.0 Å². The Morgan fingerprint density at radius 3 is 2.16 bits per heavy atom. The summed E-state index contributed by atoms with van der Waals surface area (Å²) in [7, 11) is 0. The number of piperidine rings is 1. The summed E-state index contributed by atoms with van der Waals surface area (Å²) < 4.78 is 7.51. The van der Waals surface area contributed by atoms with E-state index in [2.05, 4.69) is 31.2 Å². The number of aryl methyl sites for hydroxylation is 1. The molecule has 5 rings (SSSR count). The minimum atomic E-state index is -0.522. The zero-order valence-electron chi connectivity index (χ0n) is 22.9. The van der Waals surface area contributed by atoms with Gasteiger partial charge in [-0.3, -0.25) is 4.79 Å². The van der Waals surface area contributed by atoms with Crippen LogP contribution in [0.2, 0.25) is 0 Å². The molecule has 0 aliphatic carbocycles. The number of amides is 2. The molecule has 0 bridgehead atoms. The first kappa shape index (κ1) is 26.0. The first-order chi connectivity index (χ1) is 18.2. The van der Waals surface area contributed by atoms with E-state index in [1.54, 1.807) is 11.1 Å². The molecule has 7 heteroatoms. The molecule has 2 amide bonds. The summed E-state index contributed by atoms with van der Waals surface area (Å²) >= 11 is 0. The highest BCUT2D eigenvalue weighted by atomic mass is 16.6. The van der Waals surface area contributed by atoms with E-state index in [0.29, 0.717) is 24.6 Å². The summed E-state index contributed by atoms with van der Waals surface area (Å²) in [4.78, 5) is 30.3. The Morgan fingerprint density at radius 2 is 1.50 bits per heavy atom. The maximum Gasteiger partial charge on any atom is 0.410 e. The topological polar surface area (TPSA) is 67.7 Å². The van der Waals surface area contributed by atoms with Crippen molar-refractivity contribution in [3.63, 3.8) is 0 Å². The summed E-state index contributed by atoms with van der Waals surface area (Å²) in [5.41, 5.74) is 4.58. The zero-order valence-corrected chi connectivity index (χ0v) is 22.9. The van der Waals surface area contributed by atoms with Gasteiger partial charge < -0.3 is 14.5 Å². The summed E-state index contributed by atoms with van der Waals surface area (Å²) in [5.74, 6) is 0.515. The van der Waals surface area contributed by atoms with Crippen molar-refractivity contribution < 1.29 is 14.3 Å². The van der Waals surface area contributed by atoms with E-state index in [0.717, 1.165) is 43.7 Å². The average molecular weight is 515 g/mol. The van der Waals surface area contributed by atoms with E-state index in [4.69, 9.17) is 9.84 Å². The Kier molecular flexibility index (Phi) is 7.28. The first-order valence-corrected chi connectivity index (χ1v) is 13.7. The Morgan fingerprint density at radius 1 is 0.868 bits per heavy atom. The molecule has 2 aliphatic rings. The second kappa shape index (κ2) is 10.6. The normalized spacial score (nSPS) is 18.6. The lowest BCUT2D eigenvalue weighted by atomic mass is 9.90. The van der Waals surface area contributed by atoms with Crippen molar-refractivity contribution in [3.05, 3.63) is 83.2 Å². The minimum absolute atomic E-state index is 0.0476. The average Bonchev–Trinajstić information content (AvgIpc) is 3.57. The van der Waals surface area contributed by atoms with Gasteiger partial charge in [0.05, 0.1) is 23.1 Å². The number of para-hydroxylation sites is 1. The van der Waals surface area contributed by atoms with E-state index in [1.165, 1.54) is 11.1 Å². The van der Waals surface area contributed by atoms with Gasteiger partial charge in [0.1, 0.15) is 5.60 Å². The van der Waals surface area contributed by atoms with Crippen LogP contribution >= 0.6 is 0 Å². The van der Waals surface area contributed by atoms with Gasteiger partial charge in [-0.15, -0.1) is 0 Å². The van der Waals surface area contributed by atoms with E-state index in [-0.39, 0.29) is 17.9 Å². The van der Waals surface area contributed by atoms with Gasteiger partial charge >= 0.3 is 6.09 Å². The first-order valence-electron chi connectivity index (χ1n) is 13.7. The van der Waals surface area contributed by atoms with Crippen LogP contribution in [0.3, 0.4) is 0 Å². The summed E-state index contributed by atoms with van der Waals surface area (Å²) in [6, 6.07) is 18.6. The fourth-order valence-electron chi connectivity index (χ4n) is 5.58. The van der Waals surface area contributed by atoms with Crippen LogP contribution in [0.5, 0.6) is 0 Å². The van der Waals surface area contributed by atoms with Gasteiger partial charge in [0.25, 0.3) is 5.91 Å². The van der Waals surface area contributed by atoms with Crippen LogP contribution in [0.25, 0.3) is 5.69 Å². The third-order valence-electron chi connectivity index (χ3n) is 7.60. The lowest BCUT2D eigenvalue weighted by Crippen LogP contribution is -2.41. The third kappa shape index (κ3) is 5.62. The van der Waals surface area contributed by atoms with Crippen LogP contribution in [0.15, 0.2) is 60.8 Å². The van der Waals surface area contributed by atoms with Gasteiger partial charge in [-0.05, 0) is 64.7 Å². The predicted octanol–water partition coefficient (Wildman–Crippen LogP) is 5.92. The summed E-state index contributed by atoms with van der Waals surface area (Å²) in [6.07, 6.45) is 3.94. The fourth-order valence-corrected chi connectivity index (χ4v) is 5.58. The number of hydrogen-bond acceptors (Lipinski definition) is 4. The molecule has 0 N–H and O–H groups in total.